The van der Waals surface area contributed by atoms with Crippen LogP contribution in [0.5, 0.6) is 11.5 Å². The van der Waals surface area contributed by atoms with E-state index in [1.807, 2.05) is 12.1 Å². The molecule has 0 spiro atoms. The third-order valence-electron chi connectivity index (χ3n) is 2.94. The molecule has 21 heavy (non-hydrogen) atoms. The first-order valence-electron chi connectivity index (χ1n) is 6.41. The number of halogens is 3. The van der Waals surface area contributed by atoms with E-state index in [9.17, 15) is 4.79 Å². The number of ether oxygens (including phenoxy) is 1. The number of hydrogen-bond donors (Lipinski definition) is 0. The van der Waals surface area contributed by atoms with Gasteiger partial charge in [0, 0.05) is 17.0 Å². The summed E-state index contributed by atoms with van der Waals surface area (Å²) < 4.78 is 5.78. The molecule has 0 aliphatic carbocycles. The van der Waals surface area contributed by atoms with Gasteiger partial charge in [-0.1, -0.05) is 48.3 Å². The van der Waals surface area contributed by atoms with E-state index in [1.54, 1.807) is 37.3 Å². The van der Waals surface area contributed by atoms with Crippen molar-refractivity contribution in [3.63, 3.8) is 0 Å². The van der Waals surface area contributed by atoms with Crippen LogP contribution in [0.3, 0.4) is 0 Å². The van der Waals surface area contributed by atoms with Crippen LogP contribution in [0.2, 0.25) is 10.0 Å². The van der Waals surface area contributed by atoms with Crippen molar-refractivity contribution >= 4 is 40.6 Å². The van der Waals surface area contributed by atoms with Gasteiger partial charge in [-0.15, -0.1) is 11.6 Å². The Hall–Kier alpha value is -1.22. The number of benzene rings is 2. The SMILES string of the molecule is CCC(=O)C(Cl)c1ccccc1Oc1ccc(Cl)cc1Cl. The van der Waals surface area contributed by atoms with E-state index in [4.69, 9.17) is 39.5 Å². The van der Waals surface area contributed by atoms with Crippen LogP contribution in [0.25, 0.3) is 0 Å². The maximum absolute atomic E-state index is 11.8. The molecule has 0 bridgehead atoms. The average Bonchev–Trinajstić information content (AvgIpc) is 2.49. The molecular formula is C16H13Cl3O2. The molecule has 2 aromatic carbocycles. The van der Waals surface area contributed by atoms with Crippen molar-refractivity contribution in [2.45, 2.75) is 18.7 Å². The molecule has 5 heteroatoms. The molecule has 1 atom stereocenters. The minimum absolute atomic E-state index is 0.0603. The Labute approximate surface area is 138 Å². The van der Waals surface area contributed by atoms with Gasteiger partial charge in [-0.25, -0.2) is 0 Å². The summed E-state index contributed by atoms with van der Waals surface area (Å²) >= 11 is 18.2. The third kappa shape index (κ3) is 3.91. The topological polar surface area (TPSA) is 26.3 Å². The molecule has 2 rings (SSSR count). The van der Waals surface area contributed by atoms with Crippen LogP contribution in [-0.4, -0.2) is 5.78 Å². The van der Waals surface area contributed by atoms with E-state index in [-0.39, 0.29) is 5.78 Å². The lowest BCUT2D eigenvalue weighted by Crippen LogP contribution is -2.06. The first-order valence-corrected chi connectivity index (χ1v) is 7.60. The van der Waals surface area contributed by atoms with Crippen molar-refractivity contribution in [1.82, 2.24) is 0 Å². The molecule has 0 amide bonds. The molecule has 0 aliphatic heterocycles. The van der Waals surface area contributed by atoms with Crippen molar-refractivity contribution in [2.24, 2.45) is 0 Å². The van der Waals surface area contributed by atoms with Gasteiger partial charge in [-0.3, -0.25) is 4.79 Å². The lowest BCUT2D eigenvalue weighted by molar-refractivity contribution is -0.118. The number of Topliss-reactive ketones (excluding diaryl/α,β-unsaturated/α-hetero) is 1. The number of ketones is 1. The van der Waals surface area contributed by atoms with Crippen LogP contribution < -0.4 is 4.74 Å². The highest BCUT2D eigenvalue weighted by atomic mass is 35.5. The van der Waals surface area contributed by atoms with Gasteiger partial charge >= 0.3 is 0 Å². The predicted octanol–water partition coefficient (Wildman–Crippen LogP) is 6.04. The van der Waals surface area contributed by atoms with Crippen LogP contribution in [0.4, 0.5) is 0 Å². The van der Waals surface area contributed by atoms with Crippen LogP contribution in [0, 0.1) is 0 Å². The first kappa shape index (κ1) is 16.2. The number of rotatable bonds is 5. The molecule has 0 heterocycles. The standard InChI is InChI=1S/C16H13Cl3O2/c1-2-13(20)16(19)11-5-3-4-6-14(11)21-15-8-7-10(17)9-12(15)18/h3-9,16H,2H2,1H3. The molecule has 1 unspecified atom stereocenters. The normalized spacial score (nSPS) is 12.0. The maximum atomic E-state index is 11.8. The van der Waals surface area contributed by atoms with Gasteiger partial charge in [0.05, 0.1) is 5.02 Å². The fraction of sp³-hybridized carbons (Fsp3) is 0.188. The number of carbonyl (C=O) groups excluding carboxylic acids is 1. The number of hydrogen-bond acceptors (Lipinski definition) is 2. The fourth-order valence-corrected chi connectivity index (χ4v) is 2.59. The zero-order chi connectivity index (χ0) is 15.4. The minimum Gasteiger partial charge on any atom is -0.455 e. The molecule has 2 nitrogen and oxygen atoms in total. The highest BCUT2D eigenvalue weighted by Crippen LogP contribution is 2.37. The summed E-state index contributed by atoms with van der Waals surface area (Å²) in [4.78, 5) is 11.8. The van der Waals surface area contributed by atoms with Crippen molar-refractivity contribution in [3.05, 3.63) is 58.1 Å². The molecule has 0 aliphatic rings. The van der Waals surface area contributed by atoms with E-state index >= 15 is 0 Å². The molecule has 0 saturated heterocycles. The van der Waals surface area contributed by atoms with E-state index < -0.39 is 5.38 Å². The number of alkyl halides is 1. The van der Waals surface area contributed by atoms with Gasteiger partial charge in [0.25, 0.3) is 0 Å². The van der Waals surface area contributed by atoms with Gasteiger partial charge in [-0.2, -0.15) is 0 Å². The van der Waals surface area contributed by atoms with Crippen molar-refractivity contribution in [3.8, 4) is 11.5 Å². The van der Waals surface area contributed by atoms with Gasteiger partial charge < -0.3 is 4.74 Å². The monoisotopic (exact) mass is 342 g/mol. The second kappa shape index (κ2) is 7.17. The summed E-state index contributed by atoms with van der Waals surface area (Å²) in [5, 5.41) is 0.180. The molecule has 0 aromatic heterocycles. The van der Waals surface area contributed by atoms with Crippen LogP contribution in [-0.2, 0) is 4.79 Å². The second-order valence-corrected chi connectivity index (χ2v) is 5.68. The molecule has 0 N–H and O–H groups in total. The van der Waals surface area contributed by atoms with Gasteiger partial charge in [0.1, 0.15) is 16.9 Å². The van der Waals surface area contributed by atoms with Crippen molar-refractivity contribution in [2.75, 3.05) is 0 Å². The number of carbonyl (C=O) groups is 1. The largest absolute Gasteiger partial charge is 0.455 e. The van der Waals surface area contributed by atoms with E-state index in [1.165, 1.54) is 0 Å². The maximum Gasteiger partial charge on any atom is 0.155 e. The predicted molar refractivity (Wildman–Crippen MR) is 86.9 cm³/mol. The highest BCUT2D eigenvalue weighted by Gasteiger charge is 2.20. The average molecular weight is 344 g/mol. The smallest absolute Gasteiger partial charge is 0.155 e. The zero-order valence-electron chi connectivity index (χ0n) is 11.3. The van der Waals surface area contributed by atoms with Crippen LogP contribution >= 0.6 is 34.8 Å². The van der Waals surface area contributed by atoms with Gasteiger partial charge in [0.15, 0.2) is 5.78 Å². The highest BCUT2D eigenvalue weighted by molar-refractivity contribution is 6.35. The third-order valence-corrected chi connectivity index (χ3v) is 3.95. The molecular weight excluding hydrogens is 331 g/mol. The minimum atomic E-state index is -0.739. The summed E-state index contributed by atoms with van der Waals surface area (Å²) in [6.45, 7) is 1.78. The molecule has 110 valence electrons. The van der Waals surface area contributed by atoms with E-state index in [0.717, 1.165) is 0 Å². The lowest BCUT2D eigenvalue weighted by Gasteiger charge is -2.15. The van der Waals surface area contributed by atoms with Crippen molar-refractivity contribution in [1.29, 1.82) is 0 Å². The Kier molecular flexibility index (Phi) is 5.51. The second-order valence-electron chi connectivity index (χ2n) is 4.40. The molecule has 2 aromatic rings. The van der Waals surface area contributed by atoms with E-state index in [0.29, 0.717) is 33.5 Å². The van der Waals surface area contributed by atoms with Crippen molar-refractivity contribution < 1.29 is 9.53 Å². The summed E-state index contributed by atoms with van der Waals surface area (Å²) in [6.07, 6.45) is 0.365. The van der Waals surface area contributed by atoms with Gasteiger partial charge in [-0.05, 0) is 24.3 Å². The molecule has 0 radical (unpaired) electrons. The summed E-state index contributed by atoms with van der Waals surface area (Å²) in [6, 6.07) is 12.1. The Morgan fingerprint density at radius 3 is 2.52 bits per heavy atom. The Morgan fingerprint density at radius 2 is 1.86 bits per heavy atom. The molecule has 0 fully saturated rings. The summed E-state index contributed by atoms with van der Waals surface area (Å²) in [5.41, 5.74) is 0.622. The van der Waals surface area contributed by atoms with Crippen LogP contribution in [0.15, 0.2) is 42.5 Å². The first-order chi connectivity index (χ1) is 10.0. The summed E-state index contributed by atoms with van der Waals surface area (Å²) in [5.74, 6) is 0.903. The Morgan fingerprint density at radius 1 is 1.14 bits per heavy atom. The lowest BCUT2D eigenvalue weighted by atomic mass is 10.1. The van der Waals surface area contributed by atoms with E-state index in [2.05, 4.69) is 0 Å². The number of para-hydroxylation sites is 1. The van der Waals surface area contributed by atoms with Crippen LogP contribution in [0.1, 0.15) is 24.3 Å². The Balaban J connectivity index is 2.34. The quantitative estimate of drug-likeness (QED) is 0.618. The Bertz CT molecular complexity index is 656. The fourth-order valence-electron chi connectivity index (χ4n) is 1.81. The molecule has 0 saturated carbocycles. The zero-order valence-corrected chi connectivity index (χ0v) is 13.5. The summed E-state index contributed by atoms with van der Waals surface area (Å²) in [7, 11) is 0. The van der Waals surface area contributed by atoms with Gasteiger partial charge in [0.2, 0.25) is 0 Å².